The summed E-state index contributed by atoms with van der Waals surface area (Å²) in [7, 11) is 5.97. The number of nitrogens with one attached hydrogen (secondary N) is 1. The van der Waals surface area contributed by atoms with E-state index in [0.29, 0.717) is 0 Å². The fraction of sp³-hybridized carbons (Fsp3) is 0.462. The number of anilines is 1. The first-order valence-corrected chi connectivity index (χ1v) is 6.04. The van der Waals surface area contributed by atoms with Gasteiger partial charge in [0.25, 0.3) is 0 Å². The van der Waals surface area contributed by atoms with E-state index in [2.05, 4.69) is 22.4 Å². The Kier molecular flexibility index (Phi) is 3.72. The highest BCUT2D eigenvalue weighted by atomic mass is 16.3. The summed E-state index contributed by atoms with van der Waals surface area (Å²) in [5.74, 6) is 2.07. The molecule has 2 aromatic heterocycles. The Bertz CT molecular complexity index is 501. The third kappa shape index (κ3) is 2.41. The van der Waals surface area contributed by atoms with Crippen molar-refractivity contribution in [1.82, 2.24) is 15.1 Å². The number of rotatable bonds is 5. The molecule has 0 atom stereocenters. The van der Waals surface area contributed by atoms with Gasteiger partial charge in [-0.2, -0.15) is 5.10 Å². The van der Waals surface area contributed by atoms with Crippen LogP contribution in [0, 0.1) is 6.92 Å². The molecule has 2 rings (SSSR count). The maximum Gasteiger partial charge on any atom is 0.131 e. The van der Waals surface area contributed by atoms with E-state index in [1.54, 1.807) is 6.26 Å². The van der Waals surface area contributed by atoms with Crippen LogP contribution >= 0.6 is 0 Å². The topological polar surface area (TPSA) is 46.2 Å². The van der Waals surface area contributed by atoms with E-state index in [1.165, 1.54) is 5.56 Å². The Morgan fingerprint density at radius 3 is 2.89 bits per heavy atom. The fourth-order valence-corrected chi connectivity index (χ4v) is 2.26. The molecule has 5 nitrogen and oxygen atoms in total. The molecule has 0 aromatic carbocycles. The average Bonchev–Trinajstić information content (AvgIpc) is 2.89. The molecule has 0 aliphatic heterocycles. The largest absolute Gasteiger partial charge is 0.467 e. The fourth-order valence-electron chi connectivity index (χ4n) is 2.26. The second-order valence-electron chi connectivity index (χ2n) is 4.48. The molecule has 0 bridgehead atoms. The van der Waals surface area contributed by atoms with Crippen molar-refractivity contribution in [2.24, 2.45) is 7.05 Å². The summed E-state index contributed by atoms with van der Waals surface area (Å²) in [6, 6.07) is 3.89. The van der Waals surface area contributed by atoms with Crippen LogP contribution in [-0.4, -0.2) is 23.9 Å². The monoisotopic (exact) mass is 248 g/mol. The molecule has 0 aliphatic carbocycles. The SMILES string of the molecule is CNCc1c(C)nn(C)c1N(C)Cc1ccco1. The van der Waals surface area contributed by atoms with Gasteiger partial charge in [-0.15, -0.1) is 0 Å². The smallest absolute Gasteiger partial charge is 0.131 e. The molecule has 1 N–H and O–H groups in total. The number of aromatic nitrogens is 2. The van der Waals surface area contributed by atoms with E-state index in [4.69, 9.17) is 4.42 Å². The van der Waals surface area contributed by atoms with Crippen molar-refractivity contribution in [1.29, 1.82) is 0 Å². The first kappa shape index (κ1) is 12.7. The van der Waals surface area contributed by atoms with Gasteiger partial charge in [-0.1, -0.05) is 0 Å². The van der Waals surface area contributed by atoms with Crippen LogP contribution in [-0.2, 0) is 20.1 Å². The van der Waals surface area contributed by atoms with Crippen LogP contribution in [0.1, 0.15) is 17.0 Å². The van der Waals surface area contributed by atoms with Crippen LogP contribution < -0.4 is 10.2 Å². The van der Waals surface area contributed by atoms with Gasteiger partial charge in [-0.25, -0.2) is 0 Å². The van der Waals surface area contributed by atoms with Crippen molar-refractivity contribution >= 4 is 5.82 Å². The highest BCUT2D eigenvalue weighted by Gasteiger charge is 2.16. The van der Waals surface area contributed by atoms with Crippen LogP contribution in [0.3, 0.4) is 0 Å². The third-order valence-electron chi connectivity index (χ3n) is 3.00. The minimum Gasteiger partial charge on any atom is -0.467 e. The lowest BCUT2D eigenvalue weighted by molar-refractivity contribution is 0.505. The first-order valence-electron chi connectivity index (χ1n) is 6.04. The van der Waals surface area contributed by atoms with E-state index in [9.17, 15) is 0 Å². The van der Waals surface area contributed by atoms with E-state index in [-0.39, 0.29) is 0 Å². The van der Waals surface area contributed by atoms with Crippen LogP contribution in [0.25, 0.3) is 0 Å². The van der Waals surface area contributed by atoms with E-state index in [1.807, 2.05) is 37.8 Å². The Morgan fingerprint density at radius 2 is 2.28 bits per heavy atom. The lowest BCUT2D eigenvalue weighted by Gasteiger charge is -2.20. The molecule has 0 fully saturated rings. The summed E-state index contributed by atoms with van der Waals surface area (Å²) in [6.45, 7) is 3.59. The number of hydrogen-bond acceptors (Lipinski definition) is 4. The van der Waals surface area contributed by atoms with Gasteiger partial charge in [0, 0.05) is 26.2 Å². The maximum atomic E-state index is 5.39. The van der Waals surface area contributed by atoms with Crippen LogP contribution in [0.5, 0.6) is 0 Å². The third-order valence-corrected chi connectivity index (χ3v) is 3.00. The summed E-state index contributed by atoms with van der Waals surface area (Å²) in [5, 5.41) is 7.67. The van der Waals surface area contributed by atoms with Gasteiger partial charge in [-0.3, -0.25) is 4.68 Å². The van der Waals surface area contributed by atoms with Gasteiger partial charge in [0.1, 0.15) is 11.6 Å². The molecule has 98 valence electrons. The summed E-state index contributed by atoms with van der Waals surface area (Å²) in [5.41, 5.74) is 2.29. The molecule has 5 heteroatoms. The molecule has 0 saturated heterocycles. The highest BCUT2D eigenvalue weighted by molar-refractivity contribution is 5.49. The number of hydrogen-bond donors (Lipinski definition) is 1. The van der Waals surface area contributed by atoms with Crippen molar-refractivity contribution in [3.63, 3.8) is 0 Å². The van der Waals surface area contributed by atoms with Gasteiger partial charge in [0.05, 0.1) is 18.5 Å². The Balaban J connectivity index is 2.26. The lowest BCUT2D eigenvalue weighted by Crippen LogP contribution is -2.21. The van der Waals surface area contributed by atoms with Crippen molar-refractivity contribution < 1.29 is 4.42 Å². The molecule has 0 amide bonds. The van der Waals surface area contributed by atoms with Gasteiger partial charge < -0.3 is 14.6 Å². The highest BCUT2D eigenvalue weighted by Crippen LogP contribution is 2.23. The van der Waals surface area contributed by atoms with Crippen LogP contribution in [0.2, 0.25) is 0 Å². The zero-order valence-electron chi connectivity index (χ0n) is 11.4. The van der Waals surface area contributed by atoms with Crippen molar-refractivity contribution in [3.05, 3.63) is 35.4 Å². The molecule has 0 unspecified atom stereocenters. The van der Waals surface area contributed by atoms with Crippen molar-refractivity contribution in [2.45, 2.75) is 20.0 Å². The summed E-state index contributed by atoms with van der Waals surface area (Å²) < 4.78 is 7.31. The van der Waals surface area contributed by atoms with Gasteiger partial charge in [0.15, 0.2) is 0 Å². The Hall–Kier alpha value is -1.75. The van der Waals surface area contributed by atoms with Gasteiger partial charge in [-0.05, 0) is 26.1 Å². The van der Waals surface area contributed by atoms with Crippen molar-refractivity contribution in [3.8, 4) is 0 Å². The predicted molar refractivity (Wildman–Crippen MR) is 71.5 cm³/mol. The van der Waals surface area contributed by atoms with Crippen LogP contribution in [0.15, 0.2) is 22.8 Å². The molecular weight excluding hydrogens is 228 g/mol. The van der Waals surface area contributed by atoms with E-state index >= 15 is 0 Å². The molecule has 0 saturated carbocycles. The van der Waals surface area contributed by atoms with Crippen molar-refractivity contribution in [2.75, 3.05) is 19.0 Å². The average molecular weight is 248 g/mol. The lowest BCUT2D eigenvalue weighted by atomic mass is 10.2. The predicted octanol–water partition coefficient (Wildman–Crippen LogP) is 1.68. The quantitative estimate of drug-likeness (QED) is 0.874. The molecule has 0 aliphatic rings. The summed E-state index contributed by atoms with van der Waals surface area (Å²) in [4.78, 5) is 2.16. The zero-order valence-corrected chi connectivity index (χ0v) is 11.4. The second kappa shape index (κ2) is 5.27. The Morgan fingerprint density at radius 1 is 1.50 bits per heavy atom. The van der Waals surface area contributed by atoms with Gasteiger partial charge >= 0.3 is 0 Å². The van der Waals surface area contributed by atoms with Crippen LogP contribution in [0.4, 0.5) is 5.82 Å². The maximum absolute atomic E-state index is 5.39. The number of furan rings is 1. The summed E-state index contributed by atoms with van der Waals surface area (Å²) >= 11 is 0. The second-order valence-corrected chi connectivity index (χ2v) is 4.48. The minimum absolute atomic E-state index is 0.739. The number of nitrogens with zero attached hydrogens (tertiary/aromatic N) is 3. The Labute approximate surface area is 107 Å². The molecule has 18 heavy (non-hydrogen) atoms. The normalized spacial score (nSPS) is 10.9. The van der Waals surface area contributed by atoms with E-state index in [0.717, 1.165) is 30.4 Å². The molecule has 2 aromatic rings. The zero-order chi connectivity index (χ0) is 13.1. The first-order chi connectivity index (χ1) is 8.63. The standard InChI is InChI=1S/C13H20N4O/c1-10-12(8-14-2)13(17(4)15-10)16(3)9-11-6-5-7-18-11/h5-7,14H,8-9H2,1-4H3. The molecule has 2 heterocycles. The minimum atomic E-state index is 0.739. The molecule has 0 radical (unpaired) electrons. The molecular formula is C13H20N4O. The van der Waals surface area contributed by atoms with Gasteiger partial charge in [0.2, 0.25) is 0 Å². The molecule has 0 spiro atoms. The van der Waals surface area contributed by atoms with E-state index < -0.39 is 0 Å². The summed E-state index contributed by atoms with van der Waals surface area (Å²) in [6.07, 6.45) is 1.70. The number of aryl methyl sites for hydroxylation is 2.